The van der Waals surface area contributed by atoms with Gasteiger partial charge in [0.1, 0.15) is 0 Å². The lowest BCUT2D eigenvalue weighted by atomic mass is 10.0. The fraction of sp³-hybridized carbons (Fsp3) is 1.00. The second-order valence-corrected chi connectivity index (χ2v) is 2.98. The van der Waals surface area contributed by atoms with Gasteiger partial charge in [-0.2, -0.15) is 0 Å². The molecule has 0 saturated heterocycles. The summed E-state index contributed by atoms with van der Waals surface area (Å²) in [5, 5.41) is 29.9. The van der Waals surface area contributed by atoms with Gasteiger partial charge in [0.05, 0.1) is 25.0 Å². The zero-order chi connectivity index (χ0) is 9.56. The van der Waals surface area contributed by atoms with E-state index in [2.05, 4.69) is 5.32 Å². The molecule has 0 aliphatic carbocycles. The summed E-state index contributed by atoms with van der Waals surface area (Å²) >= 11 is 0. The van der Waals surface area contributed by atoms with Crippen molar-refractivity contribution in [1.82, 2.24) is 5.32 Å². The van der Waals surface area contributed by atoms with Gasteiger partial charge in [-0.05, 0) is 13.3 Å². The molecule has 4 nitrogen and oxygen atoms in total. The minimum atomic E-state index is -0.654. The van der Waals surface area contributed by atoms with Gasteiger partial charge in [-0.25, -0.2) is 0 Å². The van der Waals surface area contributed by atoms with E-state index in [1.165, 1.54) is 0 Å². The Morgan fingerprint density at radius 1 is 1.33 bits per heavy atom. The average molecular weight is 177 g/mol. The lowest BCUT2D eigenvalue weighted by Gasteiger charge is -2.25. The summed E-state index contributed by atoms with van der Waals surface area (Å²) in [7, 11) is 0. The Morgan fingerprint density at radius 3 is 2.25 bits per heavy atom. The minimum absolute atomic E-state index is 0.226. The first-order valence-corrected chi connectivity index (χ1v) is 4.33. The van der Waals surface area contributed by atoms with Gasteiger partial charge in [0.25, 0.3) is 0 Å². The Morgan fingerprint density at radius 2 is 1.92 bits per heavy atom. The van der Waals surface area contributed by atoms with Crippen LogP contribution in [-0.4, -0.2) is 40.3 Å². The van der Waals surface area contributed by atoms with Crippen LogP contribution in [0.25, 0.3) is 0 Å². The van der Waals surface area contributed by atoms with E-state index in [1.807, 2.05) is 6.92 Å². The van der Waals surface area contributed by atoms with E-state index in [4.69, 9.17) is 5.11 Å². The van der Waals surface area contributed by atoms with Gasteiger partial charge in [-0.15, -0.1) is 0 Å². The maximum Gasteiger partial charge on any atom is 0.0935 e. The molecule has 0 spiro atoms. The van der Waals surface area contributed by atoms with Crippen LogP contribution in [0.5, 0.6) is 0 Å². The van der Waals surface area contributed by atoms with E-state index in [-0.39, 0.29) is 6.73 Å². The summed E-state index contributed by atoms with van der Waals surface area (Å²) < 4.78 is 0. The zero-order valence-electron chi connectivity index (χ0n) is 7.70. The first-order valence-electron chi connectivity index (χ1n) is 4.33. The van der Waals surface area contributed by atoms with Crippen LogP contribution in [0.3, 0.4) is 0 Å². The van der Waals surface area contributed by atoms with E-state index >= 15 is 0 Å². The summed E-state index contributed by atoms with van der Waals surface area (Å²) in [6.45, 7) is 3.32. The number of aliphatic hydroxyl groups excluding tert-OH is 3. The maximum absolute atomic E-state index is 9.48. The number of hydrogen-bond acceptors (Lipinski definition) is 4. The average Bonchev–Trinajstić information content (AvgIpc) is 1.99. The molecule has 0 fully saturated rings. The molecular weight excluding hydrogens is 158 g/mol. The molecule has 3 atom stereocenters. The summed E-state index contributed by atoms with van der Waals surface area (Å²) in [5.41, 5.74) is 0. The highest BCUT2D eigenvalue weighted by molar-refractivity contribution is 4.78. The molecule has 3 unspecified atom stereocenters. The van der Waals surface area contributed by atoms with Crippen LogP contribution in [0.4, 0.5) is 0 Å². The molecule has 74 valence electrons. The largest absolute Gasteiger partial charge is 0.392 e. The molecule has 0 saturated carbocycles. The van der Waals surface area contributed by atoms with Crippen molar-refractivity contribution in [1.29, 1.82) is 0 Å². The van der Waals surface area contributed by atoms with Crippen molar-refractivity contribution >= 4 is 0 Å². The Hall–Kier alpha value is -0.160. The fourth-order valence-corrected chi connectivity index (χ4v) is 1.21. The number of rotatable bonds is 6. The SMILES string of the molecule is CCCC(O)C(NCO)C(C)O. The van der Waals surface area contributed by atoms with Crippen molar-refractivity contribution in [2.75, 3.05) is 6.73 Å². The van der Waals surface area contributed by atoms with Gasteiger partial charge in [-0.1, -0.05) is 13.3 Å². The summed E-state index contributed by atoms with van der Waals surface area (Å²) in [5.74, 6) is 0. The van der Waals surface area contributed by atoms with Crippen LogP contribution >= 0.6 is 0 Å². The normalized spacial score (nSPS) is 18.8. The first kappa shape index (κ1) is 11.8. The maximum atomic E-state index is 9.48. The third-order valence-electron chi connectivity index (χ3n) is 1.85. The van der Waals surface area contributed by atoms with E-state index < -0.39 is 18.2 Å². The third kappa shape index (κ3) is 4.01. The van der Waals surface area contributed by atoms with E-state index in [0.29, 0.717) is 6.42 Å². The summed E-state index contributed by atoms with van der Waals surface area (Å²) in [6.07, 6.45) is 0.237. The molecule has 0 amide bonds. The van der Waals surface area contributed by atoms with Gasteiger partial charge in [0, 0.05) is 0 Å². The van der Waals surface area contributed by atoms with E-state index in [0.717, 1.165) is 6.42 Å². The molecule has 0 aromatic heterocycles. The highest BCUT2D eigenvalue weighted by Crippen LogP contribution is 2.05. The Kier molecular flexibility index (Phi) is 6.28. The molecule has 0 heterocycles. The zero-order valence-corrected chi connectivity index (χ0v) is 7.70. The predicted molar refractivity (Wildman–Crippen MR) is 46.6 cm³/mol. The molecule has 0 aromatic rings. The molecular formula is C8H19NO3. The number of aliphatic hydroxyl groups is 3. The van der Waals surface area contributed by atoms with Gasteiger partial charge in [0.15, 0.2) is 0 Å². The van der Waals surface area contributed by atoms with Crippen molar-refractivity contribution in [2.24, 2.45) is 0 Å². The van der Waals surface area contributed by atoms with Crippen molar-refractivity contribution < 1.29 is 15.3 Å². The molecule has 0 bridgehead atoms. The monoisotopic (exact) mass is 177 g/mol. The molecule has 4 N–H and O–H groups in total. The van der Waals surface area contributed by atoms with E-state index in [1.54, 1.807) is 6.92 Å². The standard InChI is InChI=1S/C8H19NO3/c1-3-4-7(12)8(6(2)11)9-5-10/h6-12H,3-5H2,1-2H3. The van der Waals surface area contributed by atoms with Crippen LogP contribution in [0.2, 0.25) is 0 Å². The summed E-state index contributed by atoms with van der Waals surface area (Å²) in [6, 6.07) is -0.435. The van der Waals surface area contributed by atoms with E-state index in [9.17, 15) is 10.2 Å². The third-order valence-corrected chi connectivity index (χ3v) is 1.85. The Labute approximate surface area is 73.2 Å². The van der Waals surface area contributed by atoms with Crippen LogP contribution in [-0.2, 0) is 0 Å². The molecule has 0 aliphatic rings. The number of nitrogens with one attached hydrogen (secondary N) is 1. The van der Waals surface area contributed by atoms with Crippen LogP contribution in [0, 0.1) is 0 Å². The highest BCUT2D eigenvalue weighted by Gasteiger charge is 2.21. The quantitative estimate of drug-likeness (QED) is 0.410. The Balaban J connectivity index is 3.90. The Bertz CT molecular complexity index is 108. The molecule has 0 radical (unpaired) electrons. The minimum Gasteiger partial charge on any atom is -0.392 e. The lowest BCUT2D eigenvalue weighted by Crippen LogP contribution is -2.47. The fourth-order valence-electron chi connectivity index (χ4n) is 1.21. The van der Waals surface area contributed by atoms with Crippen LogP contribution < -0.4 is 5.32 Å². The van der Waals surface area contributed by atoms with Crippen molar-refractivity contribution in [2.45, 2.75) is 44.9 Å². The highest BCUT2D eigenvalue weighted by atomic mass is 16.3. The number of hydrogen-bond donors (Lipinski definition) is 4. The first-order chi connectivity index (χ1) is 5.63. The predicted octanol–water partition coefficient (Wildman–Crippen LogP) is -0.564. The summed E-state index contributed by atoms with van der Waals surface area (Å²) in [4.78, 5) is 0. The molecule has 0 rings (SSSR count). The second kappa shape index (κ2) is 6.37. The lowest BCUT2D eigenvalue weighted by molar-refractivity contribution is 0.0293. The van der Waals surface area contributed by atoms with Gasteiger partial charge >= 0.3 is 0 Å². The second-order valence-electron chi connectivity index (χ2n) is 2.98. The van der Waals surface area contributed by atoms with Crippen molar-refractivity contribution in [3.63, 3.8) is 0 Å². The molecule has 12 heavy (non-hydrogen) atoms. The van der Waals surface area contributed by atoms with Gasteiger partial charge < -0.3 is 15.3 Å². The molecule has 0 aliphatic heterocycles. The van der Waals surface area contributed by atoms with Gasteiger partial charge in [0.2, 0.25) is 0 Å². The van der Waals surface area contributed by atoms with Crippen molar-refractivity contribution in [3.05, 3.63) is 0 Å². The molecule has 0 aromatic carbocycles. The van der Waals surface area contributed by atoms with Crippen LogP contribution in [0.15, 0.2) is 0 Å². The van der Waals surface area contributed by atoms with Crippen LogP contribution in [0.1, 0.15) is 26.7 Å². The smallest absolute Gasteiger partial charge is 0.0935 e. The van der Waals surface area contributed by atoms with Crippen molar-refractivity contribution in [3.8, 4) is 0 Å². The molecule has 4 heteroatoms. The topological polar surface area (TPSA) is 72.7 Å². The van der Waals surface area contributed by atoms with Gasteiger partial charge in [-0.3, -0.25) is 5.32 Å².